The number of aromatic nitrogens is 2. The molecule has 3 aliphatic rings. The van der Waals surface area contributed by atoms with Crippen LogP contribution in [0.1, 0.15) is 37.8 Å². The topological polar surface area (TPSA) is 82.6 Å². The second-order valence-electron chi connectivity index (χ2n) is 9.12. The molecule has 1 aromatic carbocycles. The predicted octanol–water partition coefficient (Wildman–Crippen LogP) is 3.31. The summed E-state index contributed by atoms with van der Waals surface area (Å²) in [7, 11) is 1.83. The number of nitrogens with two attached hydrogens (primary N) is 1. The van der Waals surface area contributed by atoms with Crippen molar-refractivity contribution >= 4 is 6.02 Å². The predicted molar refractivity (Wildman–Crippen MR) is 111 cm³/mol. The first kappa shape index (κ1) is 18.6. The van der Waals surface area contributed by atoms with E-state index in [1.54, 1.807) is 6.33 Å². The van der Waals surface area contributed by atoms with Crippen LogP contribution in [0.25, 0.3) is 11.1 Å². The van der Waals surface area contributed by atoms with E-state index in [0.29, 0.717) is 24.5 Å². The maximum Gasteiger partial charge on any atom is 0.283 e. The van der Waals surface area contributed by atoms with Crippen LogP contribution in [0.3, 0.4) is 0 Å². The molecule has 0 radical (unpaired) electrons. The number of amidine groups is 1. The highest BCUT2D eigenvalue weighted by Gasteiger charge is 2.63. The molecule has 0 saturated heterocycles. The molecule has 6 nitrogen and oxygen atoms in total. The van der Waals surface area contributed by atoms with E-state index in [1.165, 1.54) is 11.1 Å². The Labute approximate surface area is 171 Å². The van der Waals surface area contributed by atoms with Gasteiger partial charge in [-0.3, -0.25) is 0 Å². The summed E-state index contributed by atoms with van der Waals surface area (Å²) in [6.45, 7) is 5.12. The zero-order valence-electron chi connectivity index (χ0n) is 17.3. The molecule has 1 saturated carbocycles. The van der Waals surface area contributed by atoms with Gasteiger partial charge in [-0.05, 0) is 53.9 Å². The summed E-state index contributed by atoms with van der Waals surface area (Å²) >= 11 is 0. The molecule has 2 spiro atoms. The Bertz CT molecular complexity index is 949. The maximum atomic E-state index is 6.09. The van der Waals surface area contributed by atoms with Crippen LogP contribution in [0.5, 0.6) is 0 Å². The van der Waals surface area contributed by atoms with Crippen LogP contribution in [0, 0.1) is 17.3 Å². The SMILES string of the molecule is COC1[C@H](C)CC2(Cc3ccc(-c4cncnc4)cc3[C@@]23COC(N)=N3)C[C@@H]1C. The van der Waals surface area contributed by atoms with E-state index in [2.05, 4.69) is 42.0 Å². The van der Waals surface area contributed by atoms with Crippen LogP contribution in [0.2, 0.25) is 0 Å². The van der Waals surface area contributed by atoms with Crippen molar-refractivity contribution in [3.05, 3.63) is 48.0 Å². The van der Waals surface area contributed by atoms with Gasteiger partial charge in [-0.25, -0.2) is 15.0 Å². The number of ether oxygens (including phenoxy) is 2. The number of aliphatic imine (C=N–C) groups is 1. The quantitative estimate of drug-likeness (QED) is 0.848. The highest BCUT2D eigenvalue weighted by molar-refractivity contribution is 5.76. The van der Waals surface area contributed by atoms with Gasteiger partial charge >= 0.3 is 0 Å². The molecule has 5 atom stereocenters. The molecule has 2 unspecified atom stereocenters. The van der Waals surface area contributed by atoms with Gasteiger partial charge in [0, 0.05) is 30.5 Å². The van der Waals surface area contributed by atoms with Gasteiger partial charge in [0.2, 0.25) is 0 Å². The van der Waals surface area contributed by atoms with E-state index in [1.807, 2.05) is 19.5 Å². The molecule has 2 N–H and O–H groups in total. The van der Waals surface area contributed by atoms with Crippen LogP contribution in [-0.2, 0) is 21.4 Å². The molecule has 2 aromatic rings. The number of rotatable bonds is 2. The molecule has 1 fully saturated rings. The maximum absolute atomic E-state index is 6.09. The lowest BCUT2D eigenvalue weighted by atomic mass is 9.57. The van der Waals surface area contributed by atoms with Crippen molar-refractivity contribution in [2.45, 2.75) is 44.8 Å². The van der Waals surface area contributed by atoms with Gasteiger partial charge in [0.05, 0.1) is 6.10 Å². The number of methoxy groups -OCH3 is 1. The second-order valence-corrected chi connectivity index (χ2v) is 9.12. The first-order valence-electron chi connectivity index (χ1n) is 10.4. The Kier molecular flexibility index (Phi) is 4.17. The summed E-state index contributed by atoms with van der Waals surface area (Å²) in [6.07, 6.45) is 8.63. The standard InChI is InChI=1S/C23H28N4O2/c1-14-7-22(8-15(2)20(14)28-3)9-17-5-4-16(18-10-25-13-26-11-18)6-19(17)23(22)12-29-21(24)27-23/h4-6,10-11,13-15,20H,7-9,12H2,1-3H3,(H2,24,27)/t14-,15+,20?,22?,23-/m0/s1. The molecule has 2 aliphatic carbocycles. The Morgan fingerprint density at radius 2 is 1.83 bits per heavy atom. The first-order valence-corrected chi connectivity index (χ1v) is 10.4. The average molecular weight is 393 g/mol. The van der Waals surface area contributed by atoms with Crippen LogP contribution in [-0.4, -0.2) is 35.8 Å². The lowest BCUT2D eigenvalue weighted by Gasteiger charge is -2.50. The Hall–Kier alpha value is -2.47. The summed E-state index contributed by atoms with van der Waals surface area (Å²) in [5, 5.41) is 0. The van der Waals surface area contributed by atoms with Gasteiger partial charge in [0.15, 0.2) is 0 Å². The van der Waals surface area contributed by atoms with E-state index in [0.717, 1.165) is 30.4 Å². The third-order valence-corrected chi connectivity index (χ3v) is 7.40. The number of nitrogens with zero attached hydrogens (tertiary/aromatic N) is 3. The normalized spacial score (nSPS) is 35.6. The highest BCUT2D eigenvalue weighted by Crippen LogP contribution is 2.63. The molecular weight excluding hydrogens is 364 g/mol. The smallest absolute Gasteiger partial charge is 0.283 e. The van der Waals surface area contributed by atoms with Crippen LogP contribution < -0.4 is 5.73 Å². The Morgan fingerprint density at radius 3 is 2.45 bits per heavy atom. The fraction of sp³-hybridized carbons (Fsp3) is 0.522. The minimum atomic E-state index is -0.431. The fourth-order valence-corrected chi connectivity index (χ4v) is 6.44. The molecule has 2 heterocycles. The van der Waals surface area contributed by atoms with Gasteiger partial charge in [0.1, 0.15) is 18.5 Å². The first-order chi connectivity index (χ1) is 14.0. The molecule has 1 aliphatic heterocycles. The number of hydrogen-bond donors (Lipinski definition) is 1. The number of fused-ring (bicyclic) bond motifs is 3. The second kappa shape index (κ2) is 6.52. The van der Waals surface area contributed by atoms with Crippen molar-refractivity contribution in [1.29, 1.82) is 0 Å². The van der Waals surface area contributed by atoms with Crippen LogP contribution >= 0.6 is 0 Å². The molecule has 29 heavy (non-hydrogen) atoms. The van der Waals surface area contributed by atoms with Crippen molar-refractivity contribution < 1.29 is 9.47 Å². The third kappa shape index (κ3) is 2.61. The van der Waals surface area contributed by atoms with Crippen molar-refractivity contribution in [2.24, 2.45) is 28.0 Å². The van der Waals surface area contributed by atoms with Crippen molar-refractivity contribution in [1.82, 2.24) is 9.97 Å². The van der Waals surface area contributed by atoms with Gasteiger partial charge in [-0.1, -0.05) is 26.0 Å². The minimum absolute atomic E-state index is 0.00384. The Morgan fingerprint density at radius 1 is 1.10 bits per heavy atom. The van der Waals surface area contributed by atoms with Gasteiger partial charge < -0.3 is 15.2 Å². The van der Waals surface area contributed by atoms with Gasteiger partial charge in [-0.2, -0.15) is 0 Å². The molecule has 0 bridgehead atoms. The van der Waals surface area contributed by atoms with E-state index in [4.69, 9.17) is 20.2 Å². The summed E-state index contributed by atoms with van der Waals surface area (Å²) in [4.78, 5) is 13.4. The van der Waals surface area contributed by atoms with Crippen molar-refractivity contribution in [2.75, 3.05) is 13.7 Å². The lowest BCUT2D eigenvalue weighted by Crippen LogP contribution is -2.51. The van der Waals surface area contributed by atoms with Gasteiger partial charge in [-0.15, -0.1) is 0 Å². The van der Waals surface area contributed by atoms with E-state index in [-0.39, 0.29) is 11.5 Å². The molecule has 0 amide bonds. The third-order valence-electron chi connectivity index (χ3n) is 7.40. The lowest BCUT2D eigenvalue weighted by molar-refractivity contribution is -0.0779. The average Bonchev–Trinajstić information content (AvgIpc) is 3.22. The van der Waals surface area contributed by atoms with E-state index >= 15 is 0 Å². The fourth-order valence-electron chi connectivity index (χ4n) is 6.44. The largest absolute Gasteiger partial charge is 0.462 e. The molecule has 5 rings (SSSR count). The van der Waals surface area contributed by atoms with Crippen LogP contribution in [0.15, 0.2) is 41.9 Å². The minimum Gasteiger partial charge on any atom is -0.462 e. The highest BCUT2D eigenvalue weighted by atomic mass is 16.5. The molecule has 6 heteroatoms. The van der Waals surface area contributed by atoms with Crippen LogP contribution in [0.4, 0.5) is 0 Å². The molecular formula is C23H28N4O2. The summed E-state index contributed by atoms with van der Waals surface area (Å²) in [5.74, 6) is 0.905. The van der Waals surface area contributed by atoms with Crippen molar-refractivity contribution in [3.63, 3.8) is 0 Å². The van der Waals surface area contributed by atoms with E-state index in [9.17, 15) is 0 Å². The van der Waals surface area contributed by atoms with Crippen molar-refractivity contribution in [3.8, 4) is 11.1 Å². The molecule has 1 aromatic heterocycles. The number of benzene rings is 1. The van der Waals surface area contributed by atoms with Gasteiger partial charge in [0.25, 0.3) is 6.02 Å². The zero-order valence-corrected chi connectivity index (χ0v) is 17.3. The summed E-state index contributed by atoms with van der Waals surface area (Å²) in [5.41, 5.74) is 10.4. The number of hydrogen-bond acceptors (Lipinski definition) is 6. The monoisotopic (exact) mass is 392 g/mol. The zero-order chi connectivity index (χ0) is 20.2. The van der Waals surface area contributed by atoms with E-state index < -0.39 is 5.54 Å². The summed E-state index contributed by atoms with van der Waals surface area (Å²) in [6, 6.07) is 6.97. The Balaban J connectivity index is 1.64. The summed E-state index contributed by atoms with van der Waals surface area (Å²) < 4.78 is 11.7. The molecule has 152 valence electrons.